The fourth-order valence-corrected chi connectivity index (χ4v) is 1.93. The lowest BCUT2D eigenvalue weighted by Gasteiger charge is -2.06. The average molecular weight is 249 g/mol. The number of hydrogen-bond donors (Lipinski definition) is 0. The van der Waals surface area contributed by atoms with Gasteiger partial charge < -0.3 is 0 Å². The van der Waals surface area contributed by atoms with Crippen molar-refractivity contribution in [3.05, 3.63) is 77.4 Å². The van der Waals surface area contributed by atoms with Gasteiger partial charge in [-0.25, -0.2) is 0 Å². The van der Waals surface area contributed by atoms with E-state index < -0.39 is 0 Å². The molecule has 0 saturated heterocycles. The molecule has 0 fully saturated rings. The molecular weight excluding hydrogens is 230 g/mol. The second-order valence-electron chi connectivity index (χ2n) is 4.81. The van der Waals surface area contributed by atoms with Crippen LogP contribution in [0.3, 0.4) is 0 Å². The molecule has 0 aromatic heterocycles. The zero-order chi connectivity index (χ0) is 13.8. The van der Waals surface area contributed by atoms with E-state index in [2.05, 4.69) is 43.6 Å². The van der Waals surface area contributed by atoms with Crippen LogP contribution in [0.5, 0.6) is 0 Å². The molecule has 19 heavy (non-hydrogen) atoms. The quantitative estimate of drug-likeness (QED) is 0.694. The Balaban J connectivity index is 2.28. The lowest BCUT2D eigenvalue weighted by atomic mass is 10.0. The summed E-state index contributed by atoms with van der Waals surface area (Å²) in [7, 11) is 0. The fourth-order valence-electron chi connectivity index (χ4n) is 1.93. The largest absolute Gasteiger partial charge is 0.253 e. The Hall–Kier alpha value is -2.15. The van der Waals surface area contributed by atoms with Gasteiger partial charge >= 0.3 is 0 Å². The Morgan fingerprint density at radius 3 is 2.21 bits per heavy atom. The van der Waals surface area contributed by atoms with Gasteiger partial charge in [0.2, 0.25) is 0 Å². The molecule has 0 aliphatic carbocycles. The molecule has 0 atom stereocenters. The highest BCUT2D eigenvalue weighted by Crippen LogP contribution is 2.16. The van der Waals surface area contributed by atoms with Crippen LogP contribution in [-0.4, -0.2) is 5.71 Å². The van der Waals surface area contributed by atoms with E-state index in [0.29, 0.717) is 0 Å². The average Bonchev–Trinajstić information content (AvgIpc) is 2.42. The molecule has 1 heteroatoms. The monoisotopic (exact) mass is 249 g/mol. The molecule has 0 N–H and O–H groups in total. The van der Waals surface area contributed by atoms with E-state index >= 15 is 0 Å². The summed E-state index contributed by atoms with van der Waals surface area (Å²) in [6, 6.07) is 16.5. The van der Waals surface area contributed by atoms with Crippen LogP contribution in [0.2, 0.25) is 0 Å². The lowest BCUT2D eigenvalue weighted by molar-refractivity contribution is 1.33. The van der Waals surface area contributed by atoms with Gasteiger partial charge in [0.1, 0.15) is 0 Å². The van der Waals surface area contributed by atoms with E-state index in [4.69, 9.17) is 0 Å². The molecule has 0 bridgehead atoms. The van der Waals surface area contributed by atoms with Crippen LogP contribution in [0.1, 0.15) is 29.2 Å². The maximum Gasteiger partial charge on any atom is 0.0633 e. The van der Waals surface area contributed by atoms with Gasteiger partial charge in [-0.3, -0.25) is 4.99 Å². The Labute approximate surface area is 115 Å². The molecule has 1 nitrogen and oxygen atoms in total. The highest BCUT2D eigenvalue weighted by atomic mass is 14.7. The molecule has 0 heterocycles. The maximum absolute atomic E-state index is 4.61. The SMILES string of the molecule is C=C(N=C(C)c1ccc(C)c(C)c1)c1ccccc1. The van der Waals surface area contributed by atoms with Crippen molar-refractivity contribution in [1.29, 1.82) is 0 Å². The van der Waals surface area contributed by atoms with E-state index in [9.17, 15) is 0 Å². The molecule has 96 valence electrons. The third-order valence-corrected chi connectivity index (χ3v) is 3.33. The molecule has 0 amide bonds. The summed E-state index contributed by atoms with van der Waals surface area (Å²) >= 11 is 0. The smallest absolute Gasteiger partial charge is 0.0633 e. The number of nitrogens with zero attached hydrogens (tertiary/aromatic N) is 1. The molecule has 0 unspecified atom stereocenters. The molecule has 0 aliphatic rings. The standard InChI is InChI=1S/C18H19N/c1-13-10-11-18(12-14(13)2)16(4)19-15(3)17-8-6-5-7-9-17/h5-12H,3H2,1-2,4H3. The Morgan fingerprint density at radius 2 is 1.58 bits per heavy atom. The van der Waals surface area contributed by atoms with Crippen molar-refractivity contribution in [3.63, 3.8) is 0 Å². The summed E-state index contributed by atoms with van der Waals surface area (Å²) in [5.74, 6) is 0. The van der Waals surface area contributed by atoms with Crippen molar-refractivity contribution in [2.24, 2.45) is 4.99 Å². The predicted octanol–water partition coefficient (Wildman–Crippen LogP) is 4.78. The van der Waals surface area contributed by atoms with Gasteiger partial charge in [0, 0.05) is 5.71 Å². The fraction of sp³-hybridized carbons (Fsp3) is 0.167. The van der Waals surface area contributed by atoms with E-state index in [0.717, 1.165) is 22.5 Å². The van der Waals surface area contributed by atoms with Crippen LogP contribution >= 0.6 is 0 Å². The summed E-state index contributed by atoms with van der Waals surface area (Å²) in [5.41, 5.74) is 6.61. The summed E-state index contributed by atoms with van der Waals surface area (Å²) in [6.45, 7) is 10.3. The summed E-state index contributed by atoms with van der Waals surface area (Å²) < 4.78 is 0. The summed E-state index contributed by atoms with van der Waals surface area (Å²) in [4.78, 5) is 4.61. The van der Waals surface area contributed by atoms with Crippen LogP contribution in [0.15, 0.2) is 60.1 Å². The Kier molecular flexibility index (Phi) is 3.96. The topological polar surface area (TPSA) is 12.4 Å². The number of rotatable bonds is 3. The molecule has 0 aliphatic heterocycles. The van der Waals surface area contributed by atoms with E-state index in [1.54, 1.807) is 0 Å². The molecule has 0 radical (unpaired) electrons. The molecule has 2 rings (SSSR count). The molecule has 0 spiro atoms. The number of benzene rings is 2. The second kappa shape index (κ2) is 5.66. The van der Waals surface area contributed by atoms with Gasteiger partial charge in [-0.1, -0.05) is 49.0 Å². The van der Waals surface area contributed by atoms with E-state index in [1.807, 2.05) is 37.3 Å². The highest BCUT2D eigenvalue weighted by molar-refractivity contribution is 6.01. The van der Waals surface area contributed by atoms with Gasteiger partial charge in [0.05, 0.1) is 5.70 Å². The van der Waals surface area contributed by atoms with Crippen LogP contribution in [0, 0.1) is 13.8 Å². The van der Waals surface area contributed by atoms with Gasteiger partial charge in [-0.05, 0) is 49.1 Å². The minimum Gasteiger partial charge on any atom is -0.253 e. The van der Waals surface area contributed by atoms with Gasteiger partial charge in [-0.2, -0.15) is 0 Å². The van der Waals surface area contributed by atoms with E-state index in [1.165, 1.54) is 11.1 Å². The summed E-state index contributed by atoms with van der Waals surface area (Å²) in [5, 5.41) is 0. The third-order valence-electron chi connectivity index (χ3n) is 3.33. The van der Waals surface area contributed by atoms with Gasteiger partial charge in [-0.15, -0.1) is 0 Å². The first kappa shape index (κ1) is 13.3. The minimum atomic E-state index is 0.802. The first-order valence-electron chi connectivity index (χ1n) is 6.45. The Morgan fingerprint density at radius 1 is 0.895 bits per heavy atom. The first-order chi connectivity index (χ1) is 9.08. The predicted molar refractivity (Wildman–Crippen MR) is 83.6 cm³/mol. The minimum absolute atomic E-state index is 0.802. The molecule has 2 aromatic rings. The van der Waals surface area contributed by atoms with Crippen LogP contribution in [-0.2, 0) is 0 Å². The van der Waals surface area contributed by atoms with Crippen LogP contribution in [0.4, 0.5) is 0 Å². The number of aryl methyl sites for hydroxylation is 2. The number of aliphatic imine (C=N–C) groups is 1. The third kappa shape index (κ3) is 3.19. The summed E-state index contributed by atoms with van der Waals surface area (Å²) in [6.07, 6.45) is 0. The normalized spacial score (nSPS) is 11.4. The van der Waals surface area contributed by atoms with Crippen molar-refractivity contribution in [1.82, 2.24) is 0 Å². The zero-order valence-corrected chi connectivity index (χ0v) is 11.8. The number of hydrogen-bond acceptors (Lipinski definition) is 1. The van der Waals surface area contributed by atoms with Gasteiger partial charge in [0.25, 0.3) is 0 Å². The van der Waals surface area contributed by atoms with Crippen LogP contribution < -0.4 is 0 Å². The lowest BCUT2D eigenvalue weighted by Crippen LogP contribution is -1.97. The van der Waals surface area contributed by atoms with Crippen molar-refractivity contribution < 1.29 is 0 Å². The molecule has 0 saturated carbocycles. The van der Waals surface area contributed by atoms with Crippen molar-refractivity contribution in [2.75, 3.05) is 0 Å². The molecule has 2 aromatic carbocycles. The zero-order valence-electron chi connectivity index (χ0n) is 11.8. The highest BCUT2D eigenvalue weighted by Gasteiger charge is 2.02. The van der Waals surface area contributed by atoms with Crippen LogP contribution in [0.25, 0.3) is 5.70 Å². The van der Waals surface area contributed by atoms with E-state index in [-0.39, 0.29) is 0 Å². The Bertz CT molecular complexity index is 621. The van der Waals surface area contributed by atoms with Crippen molar-refractivity contribution in [2.45, 2.75) is 20.8 Å². The molecular formula is C18H19N. The van der Waals surface area contributed by atoms with Gasteiger partial charge in [0.15, 0.2) is 0 Å². The van der Waals surface area contributed by atoms with Crippen molar-refractivity contribution >= 4 is 11.4 Å². The second-order valence-corrected chi connectivity index (χ2v) is 4.81. The van der Waals surface area contributed by atoms with Crippen molar-refractivity contribution in [3.8, 4) is 0 Å². The first-order valence-corrected chi connectivity index (χ1v) is 6.45. The maximum atomic E-state index is 4.61.